The van der Waals surface area contributed by atoms with E-state index in [2.05, 4.69) is 27.8 Å². The monoisotopic (exact) mass is 312 g/mol. The van der Waals surface area contributed by atoms with Crippen LogP contribution in [0.1, 0.15) is 25.3 Å². The summed E-state index contributed by atoms with van der Waals surface area (Å²) in [6.07, 6.45) is 2.63. The number of hydrogen-bond acceptors (Lipinski definition) is 3. The van der Waals surface area contributed by atoms with Gasteiger partial charge in [0.15, 0.2) is 0 Å². The number of nitro groups is 1. The van der Waals surface area contributed by atoms with Crippen molar-refractivity contribution in [1.82, 2.24) is 0 Å². The van der Waals surface area contributed by atoms with Crippen molar-refractivity contribution in [2.75, 3.05) is 18.0 Å². The summed E-state index contributed by atoms with van der Waals surface area (Å²) in [5.74, 6) is 0.813. The number of alkyl halides is 1. The lowest BCUT2D eigenvalue weighted by Crippen LogP contribution is -2.25. The Bertz CT molecular complexity index is 447. The van der Waals surface area contributed by atoms with E-state index in [4.69, 9.17) is 0 Å². The molecule has 0 saturated heterocycles. The van der Waals surface area contributed by atoms with Gasteiger partial charge in [0.05, 0.1) is 4.92 Å². The molecule has 1 saturated carbocycles. The van der Waals surface area contributed by atoms with Crippen molar-refractivity contribution in [1.29, 1.82) is 0 Å². The predicted octanol–water partition coefficient (Wildman–Crippen LogP) is 3.73. The third-order valence-electron chi connectivity index (χ3n) is 3.33. The van der Waals surface area contributed by atoms with Gasteiger partial charge in [-0.1, -0.05) is 15.9 Å². The minimum absolute atomic E-state index is 0.193. The summed E-state index contributed by atoms with van der Waals surface area (Å²) in [4.78, 5) is 12.9. The Hall–Kier alpha value is -1.10. The van der Waals surface area contributed by atoms with Crippen molar-refractivity contribution >= 4 is 27.3 Å². The van der Waals surface area contributed by atoms with Crippen LogP contribution in [0.2, 0.25) is 0 Å². The first-order valence-corrected chi connectivity index (χ1v) is 7.36. The van der Waals surface area contributed by atoms with Crippen LogP contribution >= 0.6 is 15.9 Å². The maximum atomic E-state index is 10.9. The molecule has 1 aliphatic carbocycles. The van der Waals surface area contributed by atoms with Gasteiger partial charge < -0.3 is 4.90 Å². The minimum Gasteiger partial charge on any atom is -0.372 e. The first-order chi connectivity index (χ1) is 8.65. The Kier molecular flexibility index (Phi) is 4.22. The SMILES string of the molecule is CCN(CC1CC1)c1ccc([N+](=O)[O-])c(CBr)c1. The Morgan fingerprint density at radius 1 is 1.50 bits per heavy atom. The summed E-state index contributed by atoms with van der Waals surface area (Å²) in [6.45, 7) is 4.13. The molecule has 0 N–H and O–H groups in total. The normalized spacial score (nSPS) is 14.6. The second-order valence-electron chi connectivity index (χ2n) is 4.69. The smallest absolute Gasteiger partial charge is 0.273 e. The number of halogens is 1. The molecule has 1 fully saturated rings. The highest BCUT2D eigenvalue weighted by molar-refractivity contribution is 9.08. The average Bonchev–Trinajstić information content (AvgIpc) is 3.19. The molecule has 98 valence electrons. The van der Waals surface area contributed by atoms with E-state index in [1.807, 2.05) is 12.1 Å². The number of hydrogen-bond donors (Lipinski definition) is 0. The van der Waals surface area contributed by atoms with Gasteiger partial charge in [-0.25, -0.2) is 0 Å². The van der Waals surface area contributed by atoms with E-state index in [1.54, 1.807) is 6.07 Å². The molecule has 18 heavy (non-hydrogen) atoms. The molecule has 0 atom stereocenters. The molecule has 0 aromatic heterocycles. The topological polar surface area (TPSA) is 46.4 Å². The molecule has 0 radical (unpaired) electrons. The zero-order valence-electron chi connectivity index (χ0n) is 10.4. The van der Waals surface area contributed by atoms with Crippen molar-refractivity contribution in [3.8, 4) is 0 Å². The molecule has 0 bridgehead atoms. The highest BCUT2D eigenvalue weighted by Crippen LogP contribution is 2.33. The molecule has 0 heterocycles. The van der Waals surface area contributed by atoms with E-state index < -0.39 is 0 Å². The van der Waals surface area contributed by atoms with Crippen molar-refractivity contribution in [3.63, 3.8) is 0 Å². The molecule has 0 amide bonds. The van der Waals surface area contributed by atoms with Crippen LogP contribution in [0, 0.1) is 16.0 Å². The van der Waals surface area contributed by atoms with Gasteiger partial charge in [0.1, 0.15) is 0 Å². The van der Waals surface area contributed by atoms with E-state index in [-0.39, 0.29) is 10.6 Å². The molecule has 1 aliphatic rings. The zero-order valence-corrected chi connectivity index (χ0v) is 12.0. The van der Waals surface area contributed by atoms with E-state index in [0.717, 1.165) is 30.3 Å². The largest absolute Gasteiger partial charge is 0.372 e. The van der Waals surface area contributed by atoms with Gasteiger partial charge in [-0.15, -0.1) is 0 Å². The Morgan fingerprint density at radius 2 is 2.22 bits per heavy atom. The third kappa shape index (κ3) is 3.02. The quantitative estimate of drug-likeness (QED) is 0.457. The van der Waals surface area contributed by atoms with Gasteiger partial charge in [0.25, 0.3) is 5.69 Å². The van der Waals surface area contributed by atoms with Crippen molar-refractivity contribution in [2.45, 2.75) is 25.1 Å². The molecular weight excluding hydrogens is 296 g/mol. The fraction of sp³-hybridized carbons (Fsp3) is 0.538. The number of anilines is 1. The minimum atomic E-state index is -0.322. The van der Waals surface area contributed by atoms with Crippen LogP contribution in [0.25, 0.3) is 0 Å². The molecule has 1 aromatic rings. The predicted molar refractivity (Wildman–Crippen MR) is 76.3 cm³/mol. The third-order valence-corrected chi connectivity index (χ3v) is 3.93. The van der Waals surface area contributed by atoms with Gasteiger partial charge >= 0.3 is 0 Å². The Balaban J connectivity index is 2.23. The highest BCUT2D eigenvalue weighted by atomic mass is 79.9. The number of benzene rings is 1. The summed E-state index contributed by atoms with van der Waals surface area (Å²) in [5, 5.41) is 11.4. The fourth-order valence-corrected chi connectivity index (χ4v) is 2.53. The fourth-order valence-electron chi connectivity index (χ4n) is 2.08. The molecular formula is C13H17BrN2O2. The molecule has 0 spiro atoms. The number of nitrogens with zero attached hydrogens (tertiary/aromatic N) is 2. The van der Waals surface area contributed by atoms with Crippen LogP contribution in [-0.2, 0) is 5.33 Å². The first kappa shape index (κ1) is 13.3. The molecule has 2 rings (SSSR count). The second-order valence-corrected chi connectivity index (χ2v) is 5.25. The van der Waals surface area contributed by atoms with Crippen LogP contribution in [0.15, 0.2) is 18.2 Å². The van der Waals surface area contributed by atoms with Gasteiger partial charge in [-0.05, 0) is 37.8 Å². The highest BCUT2D eigenvalue weighted by Gasteiger charge is 2.24. The zero-order chi connectivity index (χ0) is 13.1. The lowest BCUT2D eigenvalue weighted by atomic mass is 10.1. The summed E-state index contributed by atoms with van der Waals surface area (Å²) in [5.41, 5.74) is 2.02. The summed E-state index contributed by atoms with van der Waals surface area (Å²) < 4.78 is 0. The van der Waals surface area contributed by atoms with E-state index in [1.165, 1.54) is 12.8 Å². The molecule has 1 aromatic carbocycles. The van der Waals surface area contributed by atoms with Gasteiger partial charge in [0, 0.05) is 35.7 Å². The molecule has 0 aliphatic heterocycles. The van der Waals surface area contributed by atoms with Crippen molar-refractivity contribution in [3.05, 3.63) is 33.9 Å². The lowest BCUT2D eigenvalue weighted by Gasteiger charge is -2.23. The van der Waals surface area contributed by atoms with Crippen LogP contribution in [0.3, 0.4) is 0 Å². The summed E-state index contributed by atoms with van der Waals surface area (Å²) >= 11 is 3.32. The second kappa shape index (κ2) is 5.69. The van der Waals surface area contributed by atoms with E-state index >= 15 is 0 Å². The summed E-state index contributed by atoms with van der Waals surface area (Å²) in [7, 11) is 0. The Morgan fingerprint density at radius 3 is 2.72 bits per heavy atom. The summed E-state index contributed by atoms with van der Waals surface area (Å²) in [6, 6.07) is 5.40. The van der Waals surface area contributed by atoms with Crippen molar-refractivity contribution in [2.24, 2.45) is 5.92 Å². The van der Waals surface area contributed by atoms with Gasteiger partial charge in [0.2, 0.25) is 0 Å². The molecule has 0 unspecified atom stereocenters. The maximum Gasteiger partial charge on any atom is 0.273 e. The molecule has 5 heteroatoms. The average molecular weight is 313 g/mol. The van der Waals surface area contributed by atoms with E-state index in [0.29, 0.717) is 5.33 Å². The number of nitro benzene ring substituents is 1. The van der Waals surface area contributed by atoms with Crippen LogP contribution < -0.4 is 4.90 Å². The van der Waals surface area contributed by atoms with Gasteiger partial charge in [-0.3, -0.25) is 10.1 Å². The lowest BCUT2D eigenvalue weighted by molar-refractivity contribution is -0.385. The molecule has 4 nitrogen and oxygen atoms in total. The maximum absolute atomic E-state index is 10.9. The van der Waals surface area contributed by atoms with Gasteiger partial charge in [-0.2, -0.15) is 0 Å². The number of rotatable bonds is 6. The van der Waals surface area contributed by atoms with Crippen LogP contribution in [0.5, 0.6) is 0 Å². The van der Waals surface area contributed by atoms with Crippen LogP contribution in [-0.4, -0.2) is 18.0 Å². The standard InChI is InChI=1S/C13H17BrN2O2/c1-2-15(9-10-3-4-10)12-5-6-13(16(17)18)11(7-12)8-14/h5-7,10H,2-4,8-9H2,1H3. The van der Waals surface area contributed by atoms with Crippen LogP contribution in [0.4, 0.5) is 11.4 Å². The van der Waals surface area contributed by atoms with E-state index in [9.17, 15) is 10.1 Å². The van der Waals surface area contributed by atoms with Crippen molar-refractivity contribution < 1.29 is 4.92 Å². The first-order valence-electron chi connectivity index (χ1n) is 6.24. The Labute approximate surface area is 115 Å².